The third-order valence-corrected chi connectivity index (χ3v) is 4.80. The molecule has 1 unspecified atom stereocenters. The Labute approximate surface area is 133 Å². The molecule has 0 spiro atoms. The van der Waals surface area contributed by atoms with Crippen LogP contribution in [0.1, 0.15) is 77.6 Å². The van der Waals surface area contributed by atoms with Gasteiger partial charge in [0.25, 0.3) is 0 Å². The molecule has 1 N–H and O–H groups in total. The molecule has 2 rings (SSSR count). The predicted octanol–water partition coefficient (Wildman–Crippen LogP) is 2.55. The molecule has 0 aliphatic heterocycles. The smallest absolute Gasteiger partial charge is 0.165 e. The Bertz CT molecular complexity index is 448. The summed E-state index contributed by atoms with van der Waals surface area (Å²) < 4.78 is 2.04. The second-order valence-corrected chi connectivity index (χ2v) is 7.45. The van der Waals surface area contributed by atoms with Crippen LogP contribution in [0.5, 0.6) is 0 Å². The summed E-state index contributed by atoms with van der Waals surface area (Å²) in [6, 6.07) is 0.863. The Hall–Kier alpha value is -1.01. The quantitative estimate of drug-likeness (QED) is 0.838. The van der Waals surface area contributed by atoms with Crippen molar-refractivity contribution < 1.29 is 5.11 Å². The largest absolute Gasteiger partial charge is 0.390 e. The standard InChI is InChI=1S/C16H31N5O/c1-13(10-11-16(2,3)22)20(4)12-15-17-18-19-21(15)14-8-6-5-7-9-14/h13-14,22H,5-12H2,1-4H3. The topological polar surface area (TPSA) is 67.1 Å². The fourth-order valence-electron chi connectivity index (χ4n) is 3.09. The lowest BCUT2D eigenvalue weighted by Gasteiger charge is -2.28. The molecular formula is C16H31N5O. The van der Waals surface area contributed by atoms with Crippen molar-refractivity contribution in [2.75, 3.05) is 7.05 Å². The van der Waals surface area contributed by atoms with Gasteiger partial charge in [0.05, 0.1) is 18.2 Å². The van der Waals surface area contributed by atoms with Crippen LogP contribution in [-0.4, -0.2) is 48.9 Å². The number of aliphatic hydroxyl groups is 1. The van der Waals surface area contributed by atoms with Crippen LogP contribution >= 0.6 is 0 Å². The molecule has 1 aliphatic rings. The van der Waals surface area contributed by atoms with E-state index in [1.807, 2.05) is 18.5 Å². The van der Waals surface area contributed by atoms with Crippen molar-refractivity contribution in [1.82, 2.24) is 25.1 Å². The highest BCUT2D eigenvalue weighted by atomic mass is 16.3. The summed E-state index contributed by atoms with van der Waals surface area (Å²) in [5.74, 6) is 0.963. The molecule has 1 aliphatic carbocycles. The second kappa shape index (κ2) is 7.51. The number of tetrazole rings is 1. The Morgan fingerprint density at radius 2 is 2.00 bits per heavy atom. The van der Waals surface area contributed by atoms with E-state index in [1.165, 1.54) is 32.1 Å². The zero-order valence-corrected chi connectivity index (χ0v) is 14.5. The van der Waals surface area contributed by atoms with Crippen LogP contribution in [0.3, 0.4) is 0 Å². The SMILES string of the molecule is CC(CCC(C)(C)O)N(C)Cc1nnnn1C1CCCCC1. The van der Waals surface area contributed by atoms with E-state index in [0.29, 0.717) is 12.1 Å². The van der Waals surface area contributed by atoms with Crippen LogP contribution in [0, 0.1) is 0 Å². The van der Waals surface area contributed by atoms with Gasteiger partial charge in [-0.1, -0.05) is 19.3 Å². The summed E-state index contributed by atoms with van der Waals surface area (Å²) in [6.07, 6.45) is 8.04. The average Bonchev–Trinajstić information content (AvgIpc) is 2.93. The lowest BCUT2D eigenvalue weighted by molar-refractivity contribution is 0.0590. The predicted molar refractivity (Wildman–Crippen MR) is 86.4 cm³/mol. The molecule has 0 aromatic carbocycles. The fraction of sp³-hybridized carbons (Fsp3) is 0.938. The third kappa shape index (κ3) is 5.02. The van der Waals surface area contributed by atoms with Gasteiger partial charge in [-0.15, -0.1) is 5.10 Å². The zero-order chi connectivity index (χ0) is 16.2. The summed E-state index contributed by atoms with van der Waals surface area (Å²) >= 11 is 0. The lowest BCUT2D eigenvalue weighted by Crippen LogP contribution is -2.32. The second-order valence-electron chi connectivity index (χ2n) is 7.45. The summed E-state index contributed by atoms with van der Waals surface area (Å²) in [5.41, 5.74) is -0.598. The van der Waals surface area contributed by atoms with Crippen LogP contribution in [0.2, 0.25) is 0 Å². The molecule has 1 aromatic rings. The maximum absolute atomic E-state index is 9.86. The minimum Gasteiger partial charge on any atom is -0.390 e. The molecule has 6 heteroatoms. The highest BCUT2D eigenvalue weighted by molar-refractivity contribution is 4.87. The molecule has 0 saturated heterocycles. The Morgan fingerprint density at radius 3 is 2.64 bits per heavy atom. The first-order valence-corrected chi connectivity index (χ1v) is 8.56. The minimum absolute atomic E-state index is 0.392. The van der Waals surface area contributed by atoms with Gasteiger partial charge in [0.15, 0.2) is 5.82 Å². The van der Waals surface area contributed by atoms with E-state index in [2.05, 4.69) is 34.4 Å². The number of nitrogens with zero attached hydrogens (tertiary/aromatic N) is 5. The van der Waals surface area contributed by atoms with Crippen LogP contribution < -0.4 is 0 Å². The lowest BCUT2D eigenvalue weighted by atomic mass is 9.95. The van der Waals surface area contributed by atoms with E-state index >= 15 is 0 Å². The van der Waals surface area contributed by atoms with Gasteiger partial charge in [-0.2, -0.15) is 0 Å². The normalized spacial score (nSPS) is 18.8. The van der Waals surface area contributed by atoms with Crippen LogP contribution in [0.15, 0.2) is 0 Å². The van der Waals surface area contributed by atoms with Gasteiger partial charge < -0.3 is 5.11 Å². The molecule has 1 atom stereocenters. The highest BCUT2D eigenvalue weighted by Crippen LogP contribution is 2.28. The number of aromatic nitrogens is 4. The van der Waals surface area contributed by atoms with E-state index in [0.717, 1.165) is 25.2 Å². The van der Waals surface area contributed by atoms with Gasteiger partial charge in [0.2, 0.25) is 0 Å². The number of hydrogen-bond acceptors (Lipinski definition) is 5. The average molecular weight is 309 g/mol. The van der Waals surface area contributed by atoms with E-state index < -0.39 is 5.60 Å². The van der Waals surface area contributed by atoms with Crippen LogP contribution in [0.25, 0.3) is 0 Å². The van der Waals surface area contributed by atoms with Crippen molar-refractivity contribution in [2.24, 2.45) is 0 Å². The van der Waals surface area contributed by atoms with Gasteiger partial charge >= 0.3 is 0 Å². The molecule has 1 heterocycles. The molecular weight excluding hydrogens is 278 g/mol. The summed E-state index contributed by atoms with van der Waals surface area (Å²) in [7, 11) is 2.11. The maximum atomic E-state index is 9.86. The van der Waals surface area contributed by atoms with Crippen molar-refractivity contribution in [3.63, 3.8) is 0 Å². The zero-order valence-electron chi connectivity index (χ0n) is 14.5. The van der Waals surface area contributed by atoms with Crippen molar-refractivity contribution in [1.29, 1.82) is 0 Å². The van der Waals surface area contributed by atoms with E-state index in [4.69, 9.17) is 0 Å². The number of rotatable bonds is 7. The van der Waals surface area contributed by atoms with Crippen molar-refractivity contribution >= 4 is 0 Å². The first kappa shape index (κ1) is 17.3. The van der Waals surface area contributed by atoms with Crippen molar-refractivity contribution in [3.8, 4) is 0 Å². The summed E-state index contributed by atoms with van der Waals surface area (Å²) in [4.78, 5) is 2.27. The van der Waals surface area contributed by atoms with Crippen molar-refractivity contribution in [2.45, 2.75) is 89.9 Å². The Morgan fingerprint density at radius 1 is 1.32 bits per heavy atom. The summed E-state index contributed by atoms with van der Waals surface area (Å²) in [5, 5.41) is 22.2. The van der Waals surface area contributed by atoms with E-state index in [-0.39, 0.29) is 0 Å². The van der Waals surface area contributed by atoms with Crippen LogP contribution in [-0.2, 0) is 6.54 Å². The van der Waals surface area contributed by atoms with E-state index in [9.17, 15) is 5.11 Å². The Kier molecular flexibility index (Phi) is 5.92. The minimum atomic E-state index is -0.598. The third-order valence-electron chi connectivity index (χ3n) is 4.80. The van der Waals surface area contributed by atoms with Gasteiger partial charge in [0.1, 0.15) is 0 Å². The maximum Gasteiger partial charge on any atom is 0.165 e. The van der Waals surface area contributed by atoms with Gasteiger partial charge in [-0.05, 0) is 63.9 Å². The molecule has 126 valence electrons. The van der Waals surface area contributed by atoms with Gasteiger partial charge in [-0.3, -0.25) is 4.90 Å². The molecule has 0 bridgehead atoms. The fourth-order valence-corrected chi connectivity index (χ4v) is 3.09. The molecule has 1 fully saturated rings. The molecule has 1 saturated carbocycles. The Balaban J connectivity index is 1.91. The van der Waals surface area contributed by atoms with Gasteiger partial charge in [0, 0.05) is 6.04 Å². The number of hydrogen-bond donors (Lipinski definition) is 1. The molecule has 0 radical (unpaired) electrons. The van der Waals surface area contributed by atoms with Crippen LogP contribution in [0.4, 0.5) is 0 Å². The monoisotopic (exact) mass is 309 g/mol. The highest BCUT2D eigenvalue weighted by Gasteiger charge is 2.22. The van der Waals surface area contributed by atoms with Crippen molar-refractivity contribution in [3.05, 3.63) is 5.82 Å². The molecule has 6 nitrogen and oxygen atoms in total. The first-order chi connectivity index (χ1) is 10.4. The first-order valence-electron chi connectivity index (χ1n) is 8.56. The molecule has 0 amide bonds. The van der Waals surface area contributed by atoms with Gasteiger partial charge in [-0.25, -0.2) is 4.68 Å². The molecule has 1 aromatic heterocycles. The summed E-state index contributed by atoms with van der Waals surface area (Å²) in [6.45, 7) is 6.68. The van der Waals surface area contributed by atoms with E-state index in [1.54, 1.807) is 0 Å². The molecule has 22 heavy (non-hydrogen) atoms.